The summed E-state index contributed by atoms with van der Waals surface area (Å²) < 4.78 is 7.01. The van der Waals surface area contributed by atoms with Crippen LogP contribution >= 0.6 is 50.8 Å². The molecule has 0 radical (unpaired) electrons. The van der Waals surface area contributed by atoms with E-state index in [1.54, 1.807) is 16.7 Å². The van der Waals surface area contributed by atoms with Gasteiger partial charge in [0, 0.05) is 11.0 Å². The maximum atomic E-state index is 12.7. The van der Waals surface area contributed by atoms with E-state index in [2.05, 4.69) is 25.3 Å². The minimum Gasteiger partial charge on any atom is -0.287 e. The lowest BCUT2D eigenvalue weighted by Crippen LogP contribution is -2.22. The van der Waals surface area contributed by atoms with Gasteiger partial charge >= 0.3 is 0 Å². The lowest BCUT2D eigenvalue weighted by Gasteiger charge is -2.10. The average molecular weight is 428 g/mol. The number of rotatable bonds is 3. The predicted molar refractivity (Wildman–Crippen MR) is 95.3 cm³/mol. The van der Waals surface area contributed by atoms with E-state index in [0.29, 0.717) is 32.4 Å². The molecular formula is C14H8BrClN4OS2. The van der Waals surface area contributed by atoms with E-state index in [1.165, 1.54) is 11.8 Å². The number of benzene rings is 1. The summed E-state index contributed by atoms with van der Waals surface area (Å²) in [4.78, 5) is 17.2. The van der Waals surface area contributed by atoms with Crippen molar-refractivity contribution < 1.29 is 0 Å². The van der Waals surface area contributed by atoms with E-state index in [4.69, 9.17) is 11.6 Å². The van der Waals surface area contributed by atoms with Crippen molar-refractivity contribution in [3.63, 3.8) is 0 Å². The molecule has 116 valence electrons. The normalized spacial score (nSPS) is 10.9. The molecule has 3 rings (SSSR count). The van der Waals surface area contributed by atoms with E-state index in [-0.39, 0.29) is 10.7 Å². The Hall–Kier alpha value is -1.40. The number of hydrogen-bond donors (Lipinski definition) is 0. The minimum absolute atomic E-state index is 0.115. The van der Waals surface area contributed by atoms with Gasteiger partial charge in [-0.2, -0.15) is 9.64 Å². The second kappa shape index (κ2) is 6.61. The number of halogens is 2. The fraction of sp³-hybridized carbons (Fsp3) is 0.143. The first-order valence-corrected chi connectivity index (χ1v) is 9.24. The molecule has 0 unspecified atom stereocenters. The Labute approximate surface area is 153 Å². The van der Waals surface area contributed by atoms with Gasteiger partial charge in [0.1, 0.15) is 15.8 Å². The quantitative estimate of drug-likeness (QED) is 0.582. The number of fused-ring (bicyclic) bond motifs is 1. The molecule has 0 bridgehead atoms. The second-order valence-electron chi connectivity index (χ2n) is 4.45. The lowest BCUT2D eigenvalue weighted by molar-refractivity contribution is 0.634. The summed E-state index contributed by atoms with van der Waals surface area (Å²) in [5.41, 5.74) is 0.810. The molecule has 23 heavy (non-hydrogen) atoms. The zero-order valence-electron chi connectivity index (χ0n) is 11.7. The van der Waals surface area contributed by atoms with E-state index in [0.717, 1.165) is 16.0 Å². The highest BCUT2D eigenvalue weighted by Crippen LogP contribution is 2.36. The van der Waals surface area contributed by atoms with Crippen LogP contribution in [0.5, 0.6) is 0 Å². The maximum Gasteiger partial charge on any atom is 0.262 e. The first-order chi connectivity index (χ1) is 11.0. The Kier molecular flexibility index (Phi) is 4.73. The third-order valence-electron chi connectivity index (χ3n) is 3.11. The summed E-state index contributed by atoms with van der Waals surface area (Å²) in [6.45, 7) is 2.35. The summed E-state index contributed by atoms with van der Waals surface area (Å²) in [5, 5.41) is 10.4. The van der Waals surface area contributed by atoms with Gasteiger partial charge in [-0.1, -0.05) is 27.5 Å². The molecule has 0 aliphatic heterocycles. The van der Waals surface area contributed by atoms with E-state index >= 15 is 0 Å². The summed E-state index contributed by atoms with van der Waals surface area (Å²) in [6.07, 6.45) is 0. The molecule has 1 aromatic carbocycles. The van der Waals surface area contributed by atoms with Gasteiger partial charge in [0.25, 0.3) is 5.56 Å². The highest BCUT2D eigenvalue weighted by atomic mass is 79.9. The highest BCUT2D eigenvalue weighted by molar-refractivity contribution is 9.10. The minimum atomic E-state index is -0.115. The van der Waals surface area contributed by atoms with Crippen LogP contribution < -0.4 is 5.56 Å². The van der Waals surface area contributed by atoms with E-state index in [1.807, 2.05) is 19.1 Å². The van der Waals surface area contributed by atoms with Crippen molar-refractivity contribution in [2.24, 2.45) is 0 Å². The van der Waals surface area contributed by atoms with Crippen LogP contribution in [0.25, 0.3) is 10.9 Å². The zero-order valence-corrected chi connectivity index (χ0v) is 15.7. The Morgan fingerprint density at radius 2 is 2.30 bits per heavy atom. The van der Waals surface area contributed by atoms with E-state index in [9.17, 15) is 10.1 Å². The van der Waals surface area contributed by atoms with Gasteiger partial charge < -0.3 is 0 Å². The van der Waals surface area contributed by atoms with Gasteiger partial charge in [-0.3, -0.25) is 9.36 Å². The van der Waals surface area contributed by atoms with Gasteiger partial charge in [0.05, 0.1) is 10.9 Å². The summed E-state index contributed by atoms with van der Waals surface area (Å²) in [5.74, 6) is 0. The van der Waals surface area contributed by atoms with Gasteiger partial charge in [0.15, 0.2) is 10.3 Å². The van der Waals surface area contributed by atoms with Crippen LogP contribution in [0.2, 0.25) is 5.15 Å². The van der Waals surface area contributed by atoms with Crippen LogP contribution in [0.15, 0.2) is 36.8 Å². The molecule has 0 aliphatic carbocycles. The number of nitrogens with zero attached hydrogens (tertiary/aromatic N) is 4. The Bertz CT molecular complexity index is 1010. The fourth-order valence-electron chi connectivity index (χ4n) is 2.03. The molecule has 0 fully saturated rings. The Morgan fingerprint density at radius 3 is 3.00 bits per heavy atom. The monoisotopic (exact) mass is 426 g/mol. The Balaban J connectivity index is 2.19. The predicted octanol–water partition coefficient (Wildman–Crippen LogP) is 4.31. The standard InChI is InChI=1S/C14H8BrClN4OS2/c1-2-20-12(21)8-5-7(15)3-4-10(8)18-14(20)22-13-9(6-17)11(16)19-23-13/h3-5H,2H2,1H3. The number of hydrogen-bond acceptors (Lipinski definition) is 6. The third-order valence-corrected chi connectivity index (χ3v) is 5.98. The number of nitriles is 1. The van der Waals surface area contributed by atoms with Crippen molar-refractivity contribution in [3.8, 4) is 6.07 Å². The molecule has 0 atom stereocenters. The van der Waals surface area contributed by atoms with Crippen LogP contribution in [0.1, 0.15) is 12.5 Å². The van der Waals surface area contributed by atoms with Crippen molar-refractivity contribution in [1.82, 2.24) is 13.9 Å². The molecule has 2 heterocycles. The van der Waals surface area contributed by atoms with Crippen LogP contribution in [0, 0.1) is 11.3 Å². The van der Waals surface area contributed by atoms with Crippen molar-refractivity contribution in [3.05, 3.63) is 43.7 Å². The SMILES string of the molecule is CCn1c(Sc2snc(Cl)c2C#N)nc2ccc(Br)cc2c1=O. The molecule has 0 spiro atoms. The van der Waals surface area contributed by atoms with Crippen molar-refractivity contribution in [2.45, 2.75) is 22.8 Å². The molecule has 0 saturated heterocycles. The van der Waals surface area contributed by atoms with Crippen LogP contribution in [-0.4, -0.2) is 13.9 Å². The highest BCUT2D eigenvalue weighted by Gasteiger charge is 2.17. The lowest BCUT2D eigenvalue weighted by atomic mass is 10.2. The zero-order chi connectivity index (χ0) is 16.6. The van der Waals surface area contributed by atoms with Gasteiger partial charge in [-0.15, -0.1) is 0 Å². The molecule has 0 aliphatic rings. The second-order valence-corrected chi connectivity index (χ2v) is 7.74. The summed E-state index contributed by atoms with van der Waals surface area (Å²) in [6, 6.07) is 7.42. The summed E-state index contributed by atoms with van der Waals surface area (Å²) >= 11 is 11.6. The van der Waals surface area contributed by atoms with Gasteiger partial charge in [-0.25, -0.2) is 4.98 Å². The van der Waals surface area contributed by atoms with E-state index < -0.39 is 0 Å². The molecule has 3 aromatic rings. The first kappa shape index (κ1) is 16.5. The maximum absolute atomic E-state index is 12.7. The van der Waals surface area contributed by atoms with Crippen molar-refractivity contribution in [1.29, 1.82) is 5.26 Å². The molecule has 9 heteroatoms. The van der Waals surface area contributed by atoms with Crippen molar-refractivity contribution in [2.75, 3.05) is 0 Å². The van der Waals surface area contributed by atoms with Crippen LogP contribution in [0.3, 0.4) is 0 Å². The molecule has 0 amide bonds. The molecule has 0 saturated carbocycles. The van der Waals surface area contributed by atoms with Crippen molar-refractivity contribution >= 4 is 61.7 Å². The molecule has 0 N–H and O–H groups in total. The fourth-order valence-corrected chi connectivity index (χ4v) is 4.59. The molecule has 5 nitrogen and oxygen atoms in total. The van der Waals surface area contributed by atoms with Crippen LogP contribution in [-0.2, 0) is 6.54 Å². The third kappa shape index (κ3) is 3.02. The van der Waals surface area contributed by atoms with Gasteiger partial charge in [-0.05, 0) is 48.4 Å². The smallest absolute Gasteiger partial charge is 0.262 e. The first-order valence-electron chi connectivity index (χ1n) is 6.48. The largest absolute Gasteiger partial charge is 0.287 e. The number of aromatic nitrogens is 3. The molecular weight excluding hydrogens is 420 g/mol. The van der Waals surface area contributed by atoms with Gasteiger partial charge in [0.2, 0.25) is 0 Å². The summed E-state index contributed by atoms with van der Waals surface area (Å²) in [7, 11) is 0. The topological polar surface area (TPSA) is 71.6 Å². The average Bonchev–Trinajstić information content (AvgIpc) is 2.88. The molecule has 2 aromatic heterocycles. The Morgan fingerprint density at radius 1 is 1.52 bits per heavy atom. The van der Waals surface area contributed by atoms with Crippen LogP contribution in [0.4, 0.5) is 0 Å².